The second kappa shape index (κ2) is 11.1. The smallest absolute Gasteiger partial charge is 0.286 e. The monoisotopic (exact) mass is 487 g/mol. The van der Waals surface area contributed by atoms with Crippen molar-refractivity contribution in [1.29, 1.82) is 0 Å². The summed E-state index contributed by atoms with van der Waals surface area (Å²) in [5.74, 6) is -0.458. The van der Waals surface area contributed by atoms with Crippen LogP contribution in [0.3, 0.4) is 0 Å². The minimum Gasteiger partial charge on any atom is -0.459 e. The number of hydrogen-bond donors (Lipinski definition) is 2. The van der Waals surface area contributed by atoms with E-state index in [2.05, 4.69) is 47.8 Å². The molecule has 2 atom stereocenters. The lowest BCUT2D eigenvalue weighted by atomic mass is 9.87. The molecule has 3 aromatic rings. The molecule has 6 heteroatoms. The molecule has 0 unspecified atom stereocenters. The lowest BCUT2D eigenvalue weighted by molar-refractivity contribution is -0.146. The van der Waals surface area contributed by atoms with Gasteiger partial charge in [0.05, 0.1) is 6.61 Å². The average Bonchev–Trinajstić information content (AvgIpc) is 3.29. The molecule has 5 rings (SSSR count). The summed E-state index contributed by atoms with van der Waals surface area (Å²) >= 11 is 0. The number of carbonyl (C=O) groups excluding carboxylic acids is 1. The maximum absolute atomic E-state index is 13.2. The van der Waals surface area contributed by atoms with Crippen molar-refractivity contribution in [2.75, 3.05) is 13.2 Å². The third kappa shape index (κ3) is 5.35. The summed E-state index contributed by atoms with van der Waals surface area (Å²) in [5, 5.41) is 12.0. The number of benzene rings is 3. The average molecular weight is 488 g/mol. The summed E-state index contributed by atoms with van der Waals surface area (Å²) in [6.07, 6.45) is 4.16. The summed E-state index contributed by atoms with van der Waals surface area (Å²) in [6, 6.07) is 20.9. The third-order valence-corrected chi connectivity index (χ3v) is 6.79. The first-order valence-corrected chi connectivity index (χ1v) is 12.5. The van der Waals surface area contributed by atoms with E-state index in [1.807, 2.05) is 6.08 Å². The van der Waals surface area contributed by atoms with Crippen LogP contribution in [0.2, 0.25) is 0 Å². The Morgan fingerprint density at radius 3 is 2.67 bits per heavy atom. The Hall–Kier alpha value is -3.48. The van der Waals surface area contributed by atoms with Gasteiger partial charge in [0.25, 0.3) is 5.91 Å². The van der Waals surface area contributed by atoms with E-state index in [9.17, 15) is 9.18 Å². The molecule has 0 radical (unpaired) electrons. The highest BCUT2D eigenvalue weighted by atomic mass is 19.1. The van der Waals surface area contributed by atoms with Crippen LogP contribution in [0.5, 0.6) is 0 Å². The summed E-state index contributed by atoms with van der Waals surface area (Å²) in [7, 11) is 0. The molecule has 3 aromatic carbocycles. The quantitative estimate of drug-likeness (QED) is 0.318. The molecular weight excluding hydrogens is 457 g/mol. The van der Waals surface area contributed by atoms with Gasteiger partial charge in [0.15, 0.2) is 5.76 Å². The van der Waals surface area contributed by atoms with Gasteiger partial charge in [-0.2, -0.15) is 0 Å². The number of unbranched alkanes of at least 4 members (excludes halogenated alkanes) is 1. The maximum Gasteiger partial charge on any atom is 0.286 e. The van der Waals surface area contributed by atoms with Crippen LogP contribution in [0.1, 0.15) is 47.4 Å². The zero-order valence-corrected chi connectivity index (χ0v) is 20.1. The van der Waals surface area contributed by atoms with Crippen LogP contribution in [0.4, 0.5) is 4.39 Å². The number of halogens is 1. The first-order chi connectivity index (χ1) is 17.6. The molecule has 186 valence electrons. The molecule has 0 saturated heterocycles. The van der Waals surface area contributed by atoms with Crippen molar-refractivity contribution in [1.82, 2.24) is 5.32 Å². The number of aliphatic hydroxyl groups is 1. The Morgan fingerprint density at radius 2 is 1.83 bits per heavy atom. The zero-order chi connectivity index (χ0) is 24.9. The number of nitrogens with one attached hydrogen (secondary N) is 1. The highest BCUT2D eigenvalue weighted by Crippen LogP contribution is 2.42. The minimum absolute atomic E-state index is 0.0441. The number of hydrogen-bond acceptors (Lipinski definition) is 4. The normalized spacial score (nSPS) is 18.1. The van der Waals surface area contributed by atoms with E-state index >= 15 is 0 Å². The van der Waals surface area contributed by atoms with Gasteiger partial charge in [0.2, 0.25) is 6.29 Å². The standard InChI is InChI=1S/C30H30FNO4/c31-23-12-10-20(11-13-23)19-32-30(34)28-17-22(18-29(36-28)35-15-4-3-14-33)25-8-5-9-26-24-7-2-1-6-21(24)16-27(25)26/h1-2,5-13,17,22,29,33H,3-4,14-16,18-19H2,(H,32,34)/t22-,29+/m1/s1. The summed E-state index contributed by atoms with van der Waals surface area (Å²) in [4.78, 5) is 13.1. The van der Waals surface area contributed by atoms with Gasteiger partial charge in [0.1, 0.15) is 5.82 Å². The van der Waals surface area contributed by atoms with Crippen LogP contribution in [0, 0.1) is 5.82 Å². The number of allylic oxidation sites excluding steroid dienone is 1. The summed E-state index contributed by atoms with van der Waals surface area (Å²) in [6.45, 7) is 0.828. The molecule has 2 N–H and O–H groups in total. The Balaban J connectivity index is 1.38. The molecule has 2 aliphatic rings. The van der Waals surface area contributed by atoms with E-state index in [0.717, 1.165) is 12.0 Å². The number of amides is 1. The second-order valence-corrected chi connectivity index (χ2v) is 9.24. The van der Waals surface area contributed by atoms with Crippen molar-refractivity contribution in [3.63, 3.8) is 0 Å². The van der Waals surface area contributed by atoms with Crippen molar-refractivity contribution < 1.29 is 23.8 Å². The van der Waals surface area contributed by atoms with Gasteiger partial charge in [-0.05, 0) is 70.9 Å². The lowest BCUT2D eigenvalue weighted by Gasteiger charge is -2.30. The zero-order valence-electron chi connectivity index (χ0n) is 20.1. The highest BCUT2D eigenvalue weighted by Gasteiger charge is 2.31. The Morgan fingerprint density at radius 1 is 1.03 bits per heavy atom. The lowest BCUT2D eigenvalue weighted by Crippen LogP contribution is -2.33. The number of carbonyl (C=O) groups is 1. The minimum atomic E-state index is -0.565. The van der Waals surface area contributed by atoms with Crippen LogP contribution >= 0.6 is 0 Å². The van der Waals surface area contributed by atoms with Gasteiger partial charge in [-0.25, -0.2) is 4.39 Å². The topological polar surface area (TPSA) is 67.8 Å². The van der Waals surface area contributed by atoms with E-state index in [0.29, 0.717) is 25.9 Å². The second-order valence-electron chi connectivity index (χ2n) is 9.24. The van der Waals surface area contributed by atoms with Gasteiger partial charge in [-0.1, -0.05) is 54.6 Å². The highest BCUT2D eigenvalue weighted by molar-refractivity contribution is 5.91. The Kier molecular flexibility index (Phi) is 7.44. The van der Waals surface area contributed by atoms with Crippen molar-refractivity contribution in [3.8, 4) is 11.1 Å². The molecule has 1 heterocycles. The molecule has 0 bridgehead atoms. The van der Waals surface area contributed by atoms with Gasteiger partial charge in [-0.15, -0.1) is 0 Å². The van der Waals surface area contributed by atoms with E-state index in [-0.39, 0.29) is 36.6 Å². The van der Waals surface area contributed by atoms with Crippen LogP contribution < -0.4 is 5.32 Å². The van der Waals surface area contributed by atoms with E-state index < -0.39 is 6.29 Å². The van der Waals surface area contributed by atoms with E-state index in [1.54, 1.807) is 12.1 Å². The largest absolute Gasteiger partial charge is 0.459 e. The van der Waals surface area contributed by atoms with Crippen LogP contribution in [0.25, 0.3) is 11.1 Å². The van der Waals surface area contributed by atoms with E-state index in [1.165, 1.54) is 39.9 Å². The molecule has 0 fully saturated rings. The number of aliphatic hydroxyl groups excluding tert-OH is 1. The molecular formula is C30H30FNO4. The van der Waals surface area contributed by atoms with Crippen molar-refractivity contribution >= 4 is 5.91 Å². The SMILES string of the molecule is O=C(NCc1ccc(F)cc1)C1=C[C@@H](c2cccc3c2Cc2ccccc2-3)C[C@@H](OCCCCO)O1. The van der Waals surface area contributed by atoms with E-state index in [4.69, 9.17) is 14.6 Å². The Labute approximate surface area is 210 Å². The summed E-state index contributed by atoms with van der Waals surface area (Å²) < 4.78 is 25.2. The maximum atomic E-state index is 13.2. The third-order valence-electron chi connectivity index (χ3n) is 6.79. The predicted molar refractivity (Wildman–Crippen MR) is 136 cm³/mol. The fourth-order valence-corrected chi connectivity index (χ4v) is 4.96. The molecule has 5 nitrogen and oxygen atoms in total. The predicted octanol–water partition coefficient (Wildman–Crippen LogP) is 5.22. The van der Waals surface area contributed by atoms with Crippen LogP contribution in [-0.2, 0) is 27.2 Å². The molecule has 1 amide bonds. The van der Waals surface area contributed by atoms with Crippen LogP contribution in [-0.4, -0.2) is 30.5 Å². The number of rotatable bonds is 9. The molecule has 0 aromatic heterocycles. The Bertz CT molecular complexity index is 1250. The molecule has 1 aliphatic heterocycles. The molecule has 0 saturated carbocycles. The number of ether oxygens (including phenoxy) is 2. The van der Waals surface area contributed by atoms with Crippen molar-refractivity contribution in [3.05, 3.63) is 107 Å². The van der Waals surface area contributed by atoms with Crippen LogP contribution in [0.15, 0.2) is 78.6 Å². The van der Waals surface area contributed by atoms with Gasteiger partial charge < -0.3 is 19.9 Å². The summed E-state index contributed by atoms with van der Waals surface area (Å²) in [5.41, 5.74) is 7.08. The molecule has 1 aliphatic carbocycles. The first kappa shape index (κ1) is 24.2. The molecule has 36 heavy (non-hydrogen) atoms. The van der Waals surface area contributed by atoms with Crippen molar-refractivity contribution in [2.45, 2.75) is 44.4 Å². The molecule has 0 spiro atoms. The first-order valence-electron chi connectivity index (χ1n) is 12.5. The fourth-order valence-electron chi connectivity index (χ4n) is 4.96. The van der Waals surface area contributed by atoms with Gasteiger partial charge in [-0.3, -0.25) is 4.79 Å². The van der Waals surface area contributed by atoms with Gasteiger partial charge in [0, 0.05) is 25.5 Å². The fraction of sp³-hybridized carbons (Fsp3) is 0.300. The number of fused-ring (bicyclic) bond motifs is 3. The van der Waals surface area contributed by atoms with Crippen molar-refractivity contribution in [2.24, 2.45) is 0 Å². The van der Waals surface area contributed by atoms with Gasteiger partial charge >= 0.3 is 0 Å².